The number of hydrogen-bond donors (Lipinski definition) is 1. The molecule has 1 aromatic heterocycles. The predicted molar refractivity (Wildman–Crippen MR) is 54.4 cm³/mol. The van der Waals surface area contributed by atoms with E-state index < -0.39 is 0 Å². The van der Waals surface area contributed by atoms with Crippen LogP contribution in [0.2, 0.25) is 0 Å². The molecule has 0 aliphatic heterocycles. The van der Waals surface area contributed by atoms with E-state index in [-0.39, 0.29) is 12.4 Å². The van der Waals surface area contributed by atoms with Crippen molar-refractivity contribution in [3.8, 4) is 0 Å². The quantitative estimate of drug-likeness (QED) is 0.492. The number of nitrogens with one attached hydrogen (secondary N) is 1. The molecule has 3 heteroatoms. The van der Waals surface area contributed by atoms with Gasteiger partial charge < -0.3 is 12.4 Å². The number of nitrogens with zero attached hydrogens (tertiary/aromatic N) is 1. The van der Waals surface area contributed by atoms with Crippen molar-refractivity contribution in [3.63, 3.8) is 0 Å². The first kappa shape index (κ1) is 13.2. The van der Waals surface area contributed by atoms with E-state index in [9.17, 15) is 0 Å². The van der Waals surface area contributed by atoms with E-state index in [1.807, 2.05) is 18.6 Å². The molecule has 0 aromatic carbocycles. The largest absolute Gasteiger partial charge is 1.00 e. The van der Waals surface area contributed by atoms with Crippen molar-refractivity contribution in [2.24, 2.45) is 0 Å². The number of hydrogen-bond acceptors (Lipinski definition) is 0. The molecule has 0 saturated carbocycles. The van der Waals surface area contributed by atoms with Crippen LogP contribution in [0, 0.1) is 0 Å². The second kappa shape index (κ2) is 7.63. The van der Waals surface area contributed by atoms with Gasteiger partial charge in [-0.2, -0.15) is 0 Å². The van der Waals surface area contributed by atoms with Gasteiger partial charge in [0.15, 0.2) is 0 Å². The highest BCUT2D eigenvalue weighted by Gasteiger charge is 2.12. The van der Waals surface area contributed by atoms with Gasteiger partial charge in [-0.15, -0.1) is 6.58 Å². The van der Waals surface area contributed by atoms with E-state index in [0.717, 1.165) is 6.42 Å². The maximum atomic E-state index is 3.76. The third kappa shape index (κ3) is 3.97. The number of imidazole rings is 1. The summed E-state index contributed by atoms with van der Waals surface area (Å²) in [5.41, 5.74) is 0. The summed E-state index contributed by atoms with van der Waals surface area (Å²) in [4.78, 5) is 3.08. The molecule has 0 spiro atoms. The first-order valence-electron chi connectivity index (χ1n) is 5.03. The summed E-state index contributed by atoms with van der Waals surface area (Å²) >= 11 is 0. The lowest BCUT2D eigenvalue weighted by Gasteiger charge is -2.10. The van der Waals surface area contributed by atoms with E-state index in [4.69, 9.17) is 0 Å². The van der Waals surface area contributed by atoms with Crippen molar-refractivity contribution in [1.82, 2.24) is 4.98 Å². The van der Waals surface area contributed by atoms with Crippen molar-refractivity contribution in [3.05, 3.63) is 31.4 Å². The van der Waals surface area contributed by atoms with Crippen LogP contribution >= 0.6 is 0 Å². The summed E-state index contributed by atoms with van der Waals surface area (Å²) in [6, 6.07) is 0.634. The molecule has 14 heavy (non-hydrogen) atoms. The Labute approximate surface area is 92.5 Å². The summed E-state index contributed by atoms with van der Waals surface area (Å²) in [5.74, 6) is 0. The van der Waals surface area contributed by atoms with E-state index in [2.05, 4.69) is 29.3 Å². The molecule has 1 N–H and O–H groups in total. The fourth-order valence-corrected chi connectivity index (χ4v) is 1.61. The van der Waals surface area contributed by atoms with Gasteiger partial charge in [-0.25, -0.2) is 4.57 Å². The fourth-order valence-electron chi connectivity index (χ4n) is 1.61. The van der Waals surface area contributed by atoms with Crippen LogP contribution in [0.25, 0.3) is 0 Å². The molecule has 1 atom stereocenters. The van der Waals surface area contributed by atoms with Crippen LogP contribution in [0.5, 0.6) is 0 Å². The normalized spacial score (nSPS) is 11.8. The van der Waals surface area contributed by atoms with Gasteiger partial charge in [0, 0.05) is 0 Å². The molecule has 0 aliphatic carbocycles. The van der Waals surface area contributed by atoms with Gasteiger partial charge in [0.2, 0.25) is 6.33 Å². The Bertz CT molecular complexity index is 231. The first-order chi connectivity index (χ1) is 6.38. The minimum atomic E-state index is 0. The number of allylic oxidation sites excluding steroid dienone is 1. The number of aromatic nitrogens is 2. The Kier molecular flexibility index (Phi) is 7.21. The molecule has 0 saturated heterocycles. The van der Waals surface area contributed by atoms with Gasteiger partial charge in [0.1, 0.15) is 18.4 Å². The van der Waals surface area contributed by atoms with Gasteiger partial charge in [-0.05, 0) is 19.3 Å². The van der Waals surface area contributed by atoms with Gasteiger partial charge in [0.25, 0.3) is 0 Å². The molecule has 0 radical (unpaired) electrons. The average molecular weight is 215 g/mol. The highest BCUT2D eigenvalue weighted by molar-refractivity contribution is 4.68. The second-order valence-electron chi connectivity index (χ2n) is 3.37. The molecular formula is C11H19ClN2. The highest BCUT2D eigenvalue weighted by atomic mass is 35.5. The van der Waals surface area contributed by atoms with Crippen molar-refractivity contribution < 1.29 is 17.0 Å². The monoisotopic (exact) mass is 214 g/mol. The molecular weight excluding hydrogens is 196 g/mol. The smallest absolute Gasteiger partial charge is 0.241 e. The van der Waals surface area contributed by atoms with Crippen molar-refractivity contribution >= 4 is 0 Å². The van der Waals surface area contributed by atoms with E-state index in [0.29, 0.717) is 6.04 Å². The van der Waals surface area contributed by atoms with Crippen LogP contribution in [-0.2, 0) is 0 Å². The molecule has 0 fully saturated rings. The molecule has 1 heterocycles. The van der Waals surface area contributed by atoms with Crippen LogP contribution in [0.4, 0.5) is 0 Å². The maximum Gasteiger partial charge on any atom is 0.241 e. The minimum absolute atomic E-state index is 0. The zero-order chi connectivity index (χ0) is 9.52. The molecule has 1 rings (SSSR count). The Morgan fingerprint density at radius 3 is 2.79 bits per heavy atom. The maximum absolute atomic E-state index is 3.76. The van der Waals surface area contributed by atoms with E-state index in [1.54, 1.807) is 0 Å². The van der Waals surface area contributed by atoms with Crippen LogP contribution < -0.4 is 17.0 Å². The van der Waals surface area contributed by atoms with Crippen LogP contribution in [-0.4, -0.2) is 4.98 Å². The van der Waals surface area contributed by atoms with Crippen molar-refractivity contribution in [2.45, 2.75) is 38.6 Å². The lowest BCUT2D eigenvalue weighted by molar-refractivity contribution is -0.723. The third-order valence-electron chi connectivity index (χ3n) is 2.31. The summed E-state index contributed by atoms with van der Waals surface area (Å²) in [6.07, 6.45) is 12.9. The average Bonchev–Trinajstić information content (AvgIpc) is 2.65. The van der Waals surface area contributed by atoms with Gasteiger partial charge >= 0.3 is 0 Å². The number of rotatable bonds is 6. The topological polar surface area (TPSA) is 19.7 Å². The van der Waals surface area contributed by atoms with E-state index >= 15 is 0 Å². The third-order valence-corrected chi connectivity index (χ3v) is 2.31. The number of halogens is 1. The van der Waals surface area contributed by atoms with Crippen LogP contribution in [0.1, 0.15) is 38.6 Å². The predicted octanol–water partition coefficient (Wildman–Crippen LogP) is -0.386. The standard InChI is InChI=1S/C11H18N2.ClH/c1-3-5-7-11(6-4-2)13-9-8-12-10-13;/h3,8-11H,1,4-7H2,2H3;1H. The number of H-pyrrole nitrogens is 1. The summed E-state index contributed by atoms with van der Waals surface area (Å²) in [7, 11) is 0. The fraction of sp³-hybridized carbons (Fsp3) is 0.545. The lowest BCUT2D eigenvalue weighted by Crippen LogP contribution is -3.00. The molecule has 0 aliphatic rings. The Balaban J connectivity index is 0.00000169. The summed E-state index contributed by atoms with van der Waals surface area (Å²) < 4.78 is 2.26. The van der Waals surface area contributed by atoms with Crippen molar-refractivity contribution in [2.75, 3.05) is 0 Å². The molecule has 2 nitrogen and oxygen atoms in total. The Morgan fingerprint density at radius 1 is 1.50 bits per heavy atom. The van der Waals surface area contributed by atoms with Crippen LogP contribution in [0.15, 0.2) is 31.4 Å². The Morgan fingerprint density at radius 2 is 2.29 bits per heavy atom. The summed E-state index contributed by atoms with van der Waals surface area (Å²) in [6.45, 7) is 5.99. The SMILES string of the molecule is C=CCCC(CCC)[n+]1cc[nH]c1.[Cl-]. The van der Waals surface area contributed by atoms with Crippen LogP contribution in [0.3, 0.4) is 0 Å². The molecule has 0 amide bonds. The molecule has 1 unspecified atom stereocenters. The minimum Gasteiger partial charge on any atom is -1.00 e. The zero-order valence-corrected chi connectivity index (χ0v) is 9.50. The zero-order valence-electron chi connectivity index (χ0n) is 8.75. The molecule has 1 aromatic rings. The van der Waals surface area contributed by atoms with Crippen molar-refractivity contribution in [1.29, 1.82) is 0 Å². The molecule has 0 bridgehead atoms. The van der Waals surface area contributed by atoms with Gasteiger partial charge in [0.05, 0.1) is 0 Å². The van der Waals surface area contributed by atoms with Gasteiger partial charge in [-0.3, -0.25) is 4.98 Å². The molecule has 80 valence electrons. The Hall–Kier alpha value is -0.760. The van der Waals surface area contributed by atoms with Gasteiger partial charge in [-0.1, -0.05) is 19.4 Å². The van der Waals surface area contributed by atoms with E-state index in [1.165, 1.54) is 19.3 Å². The second-order valence-corrected chi connectivity index (χ2v) is 3.37. The highest BCUT2D eigenvalue weighted by Crippen LogP contribution is 2.12. The lowest BCUT2D eigenvalue weighted by atomic mass is 10.1. The first-order valence-corrected chi connectivity index (χ1v) is 5.03. The summed E-state index contributed by atoms with van der Waals surface area (Å²) in [5, 5.41) is 0. The number of aromatic amines is 1.